The number of carbonyl (C=O) groups is 2. The molecule has 7 aromatic rings. The van der Waals surface area contributed by atoms with E-state index in [-0.39, 0.29) is 11.4 Å². The number of rotatable bonds is 28. The molecule has 0 spiro atoms. The predicted molar refractivity (Wildman–Crippen MR) is 292 cm³/mol. The second kappa shape index (κ2) is 28.8. The molecule has 378 valence electrons. The molecule has 0 N–H and O–H groups in total. The van der Waals surface area contributed by atoms with E-state index in [2.05, 4.69) is 23.8 Å². The second-order valence-electron chi connectivity index (χ2n) is 18.5. The van der Waals surface area contributed by atoms with Crippen molar-refractivity contribution in [3.63, 3.8) is 0 Å². The SMILES string of the molecule is CCCCCCCCCCOc1ccc(-c2ccc(C(=O)Oc3ccc(-c4nc(C#N)c(C#N)nc4-c4ccc(OC(=O)c5ccc(-c6ccc(OCCCCCCCCCC)cc6)cc5)cc4)cc3)cc2)cc1. The van der Waals surface area contributed by atoms with Gasteiger partial charge in [0.15, 0.2) is 11.4 Å². The molecule has 10 nitrogen and oxygen atoms in total. The fourth-order valence-corrected chi connectivity index (χ4v) is 8.62. The van der Waals surface area contributed by atoms with Crippen molar-refractivity contribution in [2.45, 2.75) is 117 Å². The Morgan fingerprint density at radius 3 is 0.946 bits per heavy atom. The molecule has 1 heterocycles. The van der Waals surface area contributed by atoms with Gasteiger partial charge in [-0.3, -0.25) is 0 Å². The standard InChI is InChI=1S/C64H66N4O6/c1-3-5-7-9-11-13-15-17-43-71-55-35-27-49(28-36-55)47-19-23-53(24-20-47)63(69)73-57-39-31-51(32-40-57)61-62(68-60(46-66)59(45-65)67-61)52-33-41-58(42-34-52)74-64(70)54-25-21-48(22-26-54)50-29-37-56(38-30-50)72-44-18-16-14-12-10-8-6-4-2/h19-42H,3-18,43-44H2,1-2H3. The summed E-state index contributed by atoms with van der Waals surface area (Å²) >= 11 is 0. The number of unbranched alkanes of at least 4 members (excludes halogenated alkanes) is 14. The van der Waals surface area contributed by atoms with Crippen LogP contribution in [0.3, 0.4) is 0 Å². The van der Waals surface area contributed by atoms with Crippen LogP contribution >= 0.6 is 0 Å². The van der Waals surface area contributed by atoms with E-state index in [4.69, 9.17) is 18.9 Å². The minimum atomic E-state index is -0.520. The molecule has 0 atom stereocenters. The summed E-state index contributed by atoms with van der Waals surface area (Å²) in [5.41, 5.74) is 6.27. The van der Waals surface area contributed by atoms with Crippen LogP contribution in [0.25, 0.3) is 44.8 Å². The van der Waals surface area contributed by atoms with Crippen LogP contribution in [0.15, 0.2) is 146 Å². The third-order valence-corrected chi connectivity index (χ3v) is 12.9. The molecule has 0 aliphatic carbocycles. The van der Waals surface area contributed by atoms with Gasteiger partial charge in [-0.1, -0.05) is 152 Å². The largest absolute Gasteiger partial charge is 0.494 e. The first-order chi connectivity index (χ1) is 36.3. The van der Waals surface area contributed by atoms with E-state index in [0.29, 0.717) is 58.4 Å². The molecule has 0 aliphatic rings. The second-order valence-corrected chi connectivity index (χ2v) is 18.5. The van der Waals surface area contributed by atoms with Crippen LogP contribution in [0.2, 0.25) is 0 Å². The van der Waals surface area contributed by atoms with E-state index >= 15 is 0 Å². The lowest BCUT2D eigenvalue weighted by atomic mass is 10.0. The van der Waals surface area contributed by atoms with Crippen molar-refractivity contribution in [2.24, 2.45) is 0 Å². The lowest BCUT2D eigenvalue weighted by Crippen LogP contribution is -2.08. The molecule has 0 bridgehead atoms. The quantitative estimate of drug-likeness (QED) is 0.0264. The van der Waals surface area contributed by atoms with Crippen molar-refractivity contribution >= 4 is 11.9 Å². The zero-order valence-electron chi connectivity index (χ0n) is 42.8. The zero-order valence-corrected chi connectivity index (χ0v) is 42.8. The number of esters is 2. The summed E-state index contributed by atoms with van der Waals surface area (Å²) < 4.78 is 23.4. The highest BCUT2D eigenvalue weighted by Crippen LogP contribution is 2.33. The summed E-state index contributed by atoms with van der Waals surface area (Å²) in [6.45, 7) is 5.91. The number of aromatic nitrogens is 2. The highest BCUT2D eigenvalue weighted by atomic mass is 16.5. The number of nitrogens with zero attached hydrogens (tertiary/aromatic N) is 4. The molecular weight excluding hydrogens is 921 g/mol. The molecule has 0 aliphatic heterocycles. The Balaban J connectivity index is 0.912. The van der Waals surface area contributed by atoms with Gasteiger partial charge >= 0.3 is 11.9 Å². The maximum absolute atomic E-state index is 13.2. The van der Waals surface area contributed by atoms with E-state index in [9.17, 15) is 20.1 Å². The minimum absolute atomic E-state index is 0.129. The van der Waals surface area contributed by atoms with Crippen molar-refractivity contribution in [2.75, 3.05) is 13.2 Å². The Bertz CT molecular complexity index is 2740. The van der Waals surface area contributed by atoms with Gasteiger partial charge in [0.25, 0.3) is 0 Å². The summed E-state index contributed by atoms with van der Waals surface area (Å²) in [7, 11) is 0. The van der Waals surface area contributed by atoms with Crippen LogP contribution < -0.4 is 18.9 Å². The van der Waals surface area contributed by atoms with Gasteiger partial charge in [0.05, 0.1) is 35.7 Å². The Hall–Kier alpha value is -8.08. The Morgan fingerprint density at radius 1 is 0.365 bits per heavy atom. The van der Waals surface area contributed by atoms with Crippen LogP contribution in [-0.4, -0.2) is 35.1 Å². The van der Waals surface area contributed by atoms with E-state index < -0.39 is 11.9 Å². The number of hydrogen-bond acceptors (Lipinski definition) is 10. The van der Waals surface area contributed by atoms with Gasteiger partial charge < -0.3 is 18.9 Å². The Labute approximate surface area is 437 Å². The number of nitriles is 2. The van der Waals surface area contributed by atoms with Crippen molar-refractivity contribution in [1.82, 2.24) is 9.97 Å². The maximum Gasteiger partial charge on any atom is 0.343 e. The summed E-state index contributed by atoms with van der Waals surface area (Å²) in [4.78, 5) is 35.5. The number of carbonyl (C=O) groups excluding carboxylic acids is 2. The molecule has 0 unspecified atom stereocenters. The van der Waals surface area contributed by atoms with Gasteiger partial charge in [0, 0.05) is 11.1 Å². The van der Waals surface area contributed by atoms with Crippen molar-refractivity contribution in [3.8, 4) is 79.9 Å². The molecule has 0 radical (unpaired) electrons. The number of hydrogen-bond donors (Lipinski definition) is 0. The highest BCUT2D eigenvalue weighted by Gasteiger charge is 2.19. The van der Waals surface area contributed by atoms with Crippen molar-refractivity contribution in [3.05, 3.63) is 168 Å². The molecule has 74 heavy (non-hydrogen) atoms. The normalized spacial score (nSPS) is 10.8. The molecule has 1 aromatic heterocycles. The monoisotopic (exact) mass is 986 g/mol. The van der Waals surface area contributed by atoms with Gasteiger partial charge in [-0.15, -0.1) is 0 Å². The molecule has 10 heteroatoms. The average Bonchev–Trinajstić information content (AvgIpc) is 3.45. The molecule has 0 amide bonds. The van der Waals surface area contributed by atoms with Gasteiger partial charge in [0.2, 0.25) is 0 Å². The number of ether oxygens (including phenoxy) is 4. The summed E-state index contributed by atoms with van der Waals surface area (Å²) in [6, 6.07) is 47.8. The summed E-state index contributed by atoms with van der Waals surface area (Å²) in [6.07, 6.45) is 20.1. The van der Waals surface area contributed by atoms with Crippen LogP contribution in [-0.2, 0) is 0 Å². The molecule has 7 rings (SSSR count). The molecular formula is C64H66N4O6. The first-order valence-electron chi connectivity index (χ1n) is 26.4. The lowest BCUT2D eigenvalue weighted by Gasteiger charge is -2.12. The van der Waals surface area contributed by atoms with E-state index in [0.717, 1.165) is 46.6 Å². The van der Waals surface area contributed by atoms with Crippen molar-refractivity contribution < 1.29 is 28.5 Å². The van der Waals surface area contributed by atoms with Gasteiger partial charge in [-0.2, -0.15) is 10.5 Å². The number of benzene rings is 6. The average molecular weight is 987 g/mol. The fraction of sp³-hybridized carbons (Fsp3) is 0.312. The third kappa shape index (κ3) is 16.0. The van der Waals surface area contributed by atoms with Crippen molar-refractivity contribution in [1.29, 1.82) is 10.5 Å². The third-order valence-electron chi connectivity index (χ3n) is 12.9. The Morgan fingerprint density at radius 2 is 0.635 bits per heavy atom. The predicted octanol–water partition coefficient (Wildman–Crippen LogP) is 16.4. The van der Waals surface area contributed by atoms with Gasteiger partial charge in [-0.25, -0.2) is 19.6 Å². The summed E-state index contributed by atoms with van der Waals surface area (Å²) in [5, 5.41) is 19.7. The van der Waals surface area contributed by atoms with E-state index in [1.54, 1.807) is 72.8 Å². The van der Waals surface area contributed by atoms with Crippen LogP contribution in [0, 0.1) is 22.7 Å². The molecule has 0 saturated carbocycles. The zero-order chi connectivity index (χ0) is 51.7. The van der Waals surface area contributed by atoms with Crippen LogP contribution in [0.5, 0.6) is 23.0 Å². The first-order valence-corrected chi connectivity index (χ1v) is 26.4. The smallest absolute Gasteiger partial charge is 0.343 e. The Kier molecular flexibility index (Phi) is 20.9. The lowest BCUT2D eigenvalue weighted by molar-refractivity contribution is 0.0725. The molecule has 0 saturated heterocycles. The topological polar surface area (TPSA) is 144 Å². The van der Waals surface area contributed by atoms with Gasteiger partial charge in [-0.05, 0) is 132 Å². The van der Waals surface area contributed by atoms with Crippen LogP contribution in [0.4, 0.5) is 0 Å². The maximum atomic E-state index is 13.2. The van der Waals surface area contributed by atoms with Gasteiger partial charge in [0.1, 0.15) is 35.1 Å². The highest BCUT2D eigenvalue weighted by molar-refractivity contribution is 5.92. The summed E-state index contributed by atoms with van der Waals surface area (Å²) in [5.74, 6) is 1.26. The van der Waals surface area contributed by atoms with Crippen LogP contribution in [0.1, 0.15) is 149 Å². The van der Waals surface area contributed by atoms with E-state index in [1.807, 2.05) is 84.9 Å². The minimum Gasteiger partial charge on any atom is -0.494 e. The van der Waals surface area contributed by atoms with E-state index in [1.165, 1.54) is 89.9 Å². The molecule has 6 aromatic carbocycles. The first kappa shape index (κ1) is 53.7. The fourth-order valence-electron chi connectivity index (χ4n) is 8.62. The molecule has 0 fully saturated rings.